The van der Waals surface area contributed by atoms with Gasteiger partial charge in [-0.3, -0.25) is 4.79 Å². The largest absolute Gasteiger partial charge is 0.468 e. The third-order valence-corrected chi connectivity index (χ3v) is 4.10. The van der Waals surface area contributed by atoms with E-state index >= 15 is 0 Å². The van der Waals surface area contributed by atoms with Crippen LogP contribution >= 0.6 is 11.8 Å². The molecule has 4 heteroatoms. The van der Waals surface area contributed by atoms with E-state index in [9.17, 15) is 4.79 Å². The molecule has 1 fully saturated rings. The fourth-order valence-electron chi connectivity index (χ4n) is 2.31. The Bertz CT molecular complexity index is 215. The van der Waals surface area contributed by atoms with Gasteiger partial charge < -0.3 is 10.1 Å². The highest BCUT2D eigenvalue weighted by molar-refractivity contribution is 7.99. The van der Waals surface area contributed by atoms with Crippen LogP contribution in [0.2, 0.25) is 0 Å². The number of nitrogens with one attached hydrogen (secondary N) is 1. The molecule has 0 radical (unpaired) electrons. The molecule has 3 nitrogen and oxygen atoms in total. The lowest BCUT2D eigenvalue weighted by Crippen LogP contribution is -2.54. The fourth-order valence-corrected chi connectivity index (χ4v) is 2.85. The smallest absolute Gasteiger partial charge is 0.326 e. The topological polar surface area (TPSA) is 38.3 Å². The zero-order valence-corrected chi connectivity index (χ0v) is 11.2. The summed E-state index contributed by atoms with van der Waals surface area (Å²) >= 11 is 1.90. The molecule has 1 rings (SSSR count). The fraction of sp³-hybridized carbons (Fsp3) is 0.917. The van der Waals surface area contributed by atoms with Crippen LogP contribution in [-0.2, 0) is 9.53 Å². The maximum atomic E-state index is 11.9. The van der Waals surface area contributed by atoms with Crippen LogP contribution in [0.25, 0.3) is 0 Å². The summed E-state index contributed by atoms with van der Waals surface area (Å²) in [6.45, 7) is 3.05. The van der Waals surface area contributed by atoms with Gasteiger partial charge in [-0.2, -0.15) is 11.8 Å². The summed E-state index contributed by atoms with van der Waals surface area (Å²) in [7, 11) is 1.49. The summed E-state index contributed by atoms with van der Waals surface area (Å²) in [6.07, 6.45) is 5.35. The number of esters is 1. The van der Waals surface area contributed by atoms with Crippen LogP contribution < -0.4 is 5.32 Å². The van der Waals surface area contributed by atoms with Crippen molar-refractivity contribution in [3.05, 3.63) is 0 Å². The molecule has 16 heavy (non-hydrogen) atoms. The highest BCUT2D eigenvalue weighted by atomic mass is 32.2. The van der Waals surface area contributed by atoms with Gasteiger partial charge in [0, 0.05) is 12.3 Å². The minimum Gasteiger partial charge on any atom is -0.468 e. The molecule has 0 bridgehead atoms. The second-order valence-electron chi connectivity index (χ2n) is 4.26. The average Bonchev–Trinajstić information content (AvgIpc) is 2.35. The number of hydrogen-bond donors (Lipinski definition) is 1. The van der Waals surface area contributed by atoms with E-state index in [0.717, 1.165) is 43.7 Å². The first-order chi connectivity index (χ1) is 7.75. The summed E-state index contributed by atoms with van der Waals surface area (Å²) < 4.78 is 4.94. The molecule has 1 aliphatic rings. The lowest BCUT2D eigenvalue weighted by Gasteiger charge is -2.35. The van der Waals surface area contributed by atoms with Gasteiger partial charge >= 0.3 is 5.97 Å². The molecule has 0 unspecified atom stereocenters. The molecule has 0 aromatic carbocycles. The predicted molar refractivity (Wildman–Crippen MR) is 68.8 cm³/mol. The first kappa shape index (κ1) is 13.8. The molecule has 1 saturated carbocycles. The van der Waals surface area contributed by atoms with E-state index in [1.54, 1.807) is 0 Å². The monoisotopic (exact) mass is 245 g/mol. The Morgan fingerprint density at radius 2 is 2.06 bits per heavy atom. The predicted octanol–water partition coefficient (Wildman–Crippen LogP) is 2.20. The highest BCUT2D eigenvalue weighted by Crippen LogP contribution is 2.29. The zero-order chi connectivity index (χ0) is 11.9. The van der Waals surface area contributed by atoms with Crippen LogP contribution in [0.1, 0.15) is 39.0 Å². The Kier molecular flexibility index (Phi) is 6.21. The van der Waals surface area contributed by atoms with Crippen LogP contribution in [0, 0.1) is 0 Å². The van der Waals surface area contributed by atoms with Crippen molar-refractivity contribution in [2.75, 3.05) is 25.2 Å². The van der Waals surface area contributed by atoms with Crippen molar-refractivity contribution in [3.8, 4) is 0 Å². The van der Waals surface area contributed by atoms with Gasteiger partial charge in [0.25, 0.3) is 0 Å². The third kappa shape index (κ3) is 3.67. The van der Waals surface area contributed by atoms with Crippen molar-refractivity contribution >= 4 is 17.7 Å². The van der Waals surface area contributed by atoms with E-state index in [4.69, 9.17) is 4.74 Å². The Balaban J connectivity index is 2.46. The number of carbonyl (C=O) groups is 1. The number of rotatable bonds is 6. The molecular weight excluding hydrogens is 222 g/mol. The molecule has 0 heterocycles. The Morgan fingerprint density at radius 1 is 1.38 bits per heavy atom. The van der Waals surface area contributed by atoms with E-state index in [-0.39, 0.29) is 11.5 Å². The maximum absolute atomic E-state index is 11.9. The van der Waals surface area contributed by atoms with Gasteiger partial charge in [-0.25, -0.2) is 0 Å². The molecule has 0 amide bonds. The molecular formula is C12H23NO2S. The van der Waals surface area contributed by atoms with Gasteiger partial charge in [0.05, 0.1) is 7.11 Å². The van der Waals surface area contributed by atoms with Crippen molar-refractivity contribution in [2.24, 2.45) is 0 Å². The Labute approximate surface area is 103 Å². The van der Waals surface area contributed by atoms with Gasteiger partial charge in [0.15, 0.2) is 0 Å². The molecule has 0 aliphatic heterocycles. The van der Waals surface area contributed by atoms with Crippen molar-refractivity contribution in [3.63, 3.8) is 0 Å². The average molecular weight is 245 g/mol. The van der Waals surface area contributed by atoms with Crippen LogP contribution in [0.3, 0.4) is 0 Å². The van der Waals surface area contributed by atoms with E-state index < -0.39 is 0 Å². The lowest BCUT2D eigenvalue weighted by atomic mass is 9.81. The minimum atomic E-state index is -0.388. The number of thioether (sulfide) groups is 1. The molecule has 0 spiro atoms. The summed E-state index contributed by atoms with van der Waals surface area (Å²) in [6, 6.07) is 0. The van der Waals surface area contributed by atoms with Gasteiger partial charge in [-0.05, 0) is 18.6 Å². The number of hydrogen-bond acceptors (Lipinski definition) is 4. The summed E-state index contributed by atoms with van der Waals surface area (Å²) in [4.78, 5) is 11.9. The highest BCUT2D eigenvalue weighted by Gasteiger charge is 2.39. The molecule has 94 valence electrons. The molecule has 0 atom stereocenters. The quantitative estimate of drug-likeness (QED) is 0.575. The van der Waals surface area contributed by atoms with Crippen molar-refractivity contribution in [2.45, 2.75) is 44.6 Å². The van der Waals surface area contributed by atoms with Gasteiger partial charge in [-0.1, -0.05) is 26.2 Å². The Hall–Kier alpha value is -0.220. The molecule has 1 N–H and O–H groups in total. The first-order valence-corrected chi connectivity index (χ1v) is 7.32. The van der Waals surface area contributed by atoms with Crippen LogP contribution in [0.15, 0.2) is 0 Å². The summed E-state index contributed by atoms with van der Waals surface area (Å²) in [5.74, 6) is 2.12. The Morgan fingerprint density at radius 3 is 2.62 bits per heavy atom. The minimum absolute atomic E-state index is 0.0753. The SMILES string of the molecule is CCSCCNC1(C(=O)OC)CCCCC1. The van der Waals surface area contributed by atoms with Gasteiger partial charge in [-0.15, -0.1) is 0 Å². The maximum Gasteiger partial charge on any atom is 0.326 e. The lowest BCUT2D eigenvalue weighted by molar-refractivity contribution is -0.150. The second-order valence-corrected chi connectivity index (χ2v) is 5.65. The van der Waals surface area contributed by atoms with Crippen LogP contribution in [0.4, 0.5) is 0 Å². The van der Waals surface area contributed by atoms with Crippen LogP contribution in [-0.4, -0.2) is 36.7 Å². The molecule has 0 aromatic heterocycles. The van der Waals surface area contributed by atoms with E-state index in [2.05, 4.69) is 12.2 Å². The molecule has 0 aromatic rings. The molecule has 1 aliphatic carbocycles. The third-order valence-electron chi connectivity index (χ3n) is 3.20. The van der Waals surface area contributed by atoms with Gasteiger partial charge in [0.1, 0.15) is 5.54 Å². The molecule has 0 saturated heterocycles. The normalized spacial score (nSPS) is 19.4. The van der Waals surface area contributed by atoms with Crippen LogP contribution in [0.5, 0.6) is 0 Å². The van der Waals surface area contributed by atoms with E-state index in [0.29, 0.717) is 0 Å². The summed E-state index contributed by atoms with van der Waals surface area (Å²) in [5.41, 5.74) is -0.388. The van der Waals surface area contributed by atoms with Crippen molar-refractivity contribution in [1.29, 1.82) is 0 Å². The standard InChI is InChI=1S/C12H23NO2S/c1-3-16-10-9-13-12(11(14)15-2)7-5-4-6-8-12/h13H,3-10H2,1-2H3. The number of ether oxygens (including phenoxy) is 1. The van der Waals surface area contributed by atoms with E-state index in [1.807, 2.05) is 11.8 Å². The van der Waals surface area contributed by atoms with Crippen molar-refractivity contribution in [1.82, 2.24) is 5.32 Å². The van der Waals surface area contributed by atoms with Gasteiger partial charge in [0.2, 0.25) is 0 Å². The van der Waals surface area contributed by atoms with E-state index in [1.165, 1.54) is 13.5 Å². The summed E-state index contributed by atoms with van der Waals surface area (Å²) in [5, 5.41) is 3.43. The zero-order valence-electron chi connectivity index (χ0n) is 10.4. The second kappa shape index (κ2) is 7.17. The van der Waals surface area contributed by atoms with Crippen molar-refractivity contribution < 1.29 is 9.53 Å². The first-order valence-electron chi connectivity index (χ1n) is 6.16. The number of methoxy groups -OCH3 is 1. The number of carbonyl (C=O) groups excluding carboxylic acids is 1.